The van der Waals surface area contributed by atoms with Crippen LogP contribution in [0.25, 0.3) is 11.0 Å². The smallest absolute Gasteiger partial charge is 0.204 e. The molecule has 20 heavy (non-hydrogen) atoms. The fourth-order valence-electron chi connectivity index (χ4n) is 2.13. The number of pyridine rings is 1. The van der Waals surface area contributed by atoms with E-state index >= 15 is 0 Å². The standard InChI is InChI=1S/C15H13N3O2/c1-20-14-7-4-8-16-15(14)13(19)9-18-10-17-11-5-2-3-6-12(11)18/h2-8,10H,9H2,1H3. The van der Waals surface area contributed by atoms with Gasteiger partial charge in [0.2, 0.25) is 5.78 Å². The molecular weight excluding hydrogens is 254 g/mol. The largest absolute Gasteiger partial charge is 0.494 e. The quantitative estimate of drug-likeness (QED) is 0.681. The minimum Gasteiger partial charge on any atom is -0.494 e. The predicted octanol–water partition coefficient (Wildman–Crippen LogP) is 2.32. The number of Topliss-reactive ketones (excluding diaryl/α,β-unsaturated/α-hetero) is 1. The molecule has 5 nitrogen and oxygen atoms in total. The highest BCUT2D eigenvalue weighted by molar-refractivity contribution is 5.97. The van der Waals surface area contributed by atoms with E-state index in [-0.39, 0.29) is 12.3 Å². The van der Waals surface area contributed by atoms with Crippen molar-refractivity contribution in [3.8, 4) is 5.75 Å². The fourth-order valence-corrected chi connectivity index (χ4v) is 2.13. The number of carbonyl (C=O) groups is 1. The van der Waals surface area contributed by atoms with E-state index in [0.717, 1.165) is 11.0 Å². The number of aromatic nitrogens is 3. The third-order valence-corrected chi connectivity index (χ3v) is 3.10. The topological polar surface area (TPSA) is 57.0 Å². The van der Waals surface area contributed by atoms with Crippen molar-refractivity contribution < 1.29 is 9.53 Å². The van der Waals surface area contributed by atoms with Crippen LogP contribution in [0.3, 0.4) is 0 Å². The Labute approximate surface area is 115 Å². The van der Waals surface area contributed by atoms with Crippen LogP contribution in [0, 0.1) is 0 Å². The second kappa shape index (κ2) is 5.13. The van der Waals surface area contributed by atoms with Gasteiger partial charge in [0.25, 0.3) is 0 Å². The Morgan fingerprint density at radius 1 is 1.20 bits per heavy atom. The summed E-state index contributed by atoms with van der Waals surface area (Å²) >= 11 is 0. The van der Waals surface area contributed by atoms with Gasteiger partial charge in [-0.05, 0) is 24.3 Å². The number of fused-ring (bicyclic) bond motifs is 1. The maximum atomic E-state index is 12.3. The number of hydrogen-bond donors (Lipinski definition) is 0. The van der Waals surface area contributed by atoms with Crippen LogP contribution in [0.2, 0.25) is 0 Å². The van der Waals surface area contributed by atoms with Crippen LogP contribution in [0.15, 0.2) is 48.9 Å². The van der Waals surface area contributed by atoms with Gasteiger partial charge >= 0.3 is 0 Å². The van der Waals surface area contributed by atoms with Crippen molar-refractivity contribution in [3.63, 3.8) is 0 Å². The van der Waals surface area contributed by atoms with Gasteiger partial charge in [0.1, 0.15) is 11.4 Å². The number of carbonyl (C=O) groups excluding carboxylic acids is 1. The zero-order valence-electron chi connectivity index (χ0n) is 11.0. The maximum Gasteiger partial charge on any atom is 0.204 e. The summed E-state index contributed by atoms with van der Waals surface area (Å²) in [6.07, 6.45) is 3.25. The van der Waals surface area contributed by atoms with Gasteiger partial charge in [0, 0.05) is 6.20 Å². The van der Waals surface area contributed by atoms with E-state index in [4.69, 9.17) is 4.74 Å². The molecule has 0 bridgehead atoms. The van der Waals surface area contributed by atoms with Crippen molar-refractivity contribution in [2.24, 2.45) is 0 Å². The van der Waals surface area contributed by atoms with Gasteiger partial charge in [-0.3, -0.25) is 4.79 Å². The number of imidazole rings is 1. The molecule has 0 spiro atoms. The summed E-state index contributed by atoms with van der Waals surface area (Å²) in [6, 6.07) is 11.2. The first-order valence-corrected chi connectivity index (χ1v) is 6.21. The van der Waals surface area contributed by atoms with E-state index in [1.807, 2.05) is 28.8 Å². The first-order chi connectivity index (χ1) is 9.79. The molecule has 1 aromatic carbocycles. The molecule has 0 N–H and O–H groups in total. The summed E-state index contributed by atoms with van der Waals surface area (Å²) in [6.45, 7) is 0.188. The molecule has 0 saturated carbocycles. The zero-order valence-corrected chi connectivity index (χ0v) is 11.0. The summed E-state index contributed by atoms with van der Waals surface area (Å²) in [5.74, 6) is 0.382. The molecule has 0 aliphatic heterocycles. The monoisotopic (exact) mass is 267 g/mol. The summed E-state index contributed by atoms with van der Waals surface area (Å²) < 4.78 is 6.98. The van der Waals surface area contributed by atoms with Crippen molar-refractivity contribution in [1.82, 2.24) is 14.5 Å². The van der Waals surface area contributed by atoms with E-state index in [1.54, 1.807) is 24.7 Å². The Kier molecular flexibility index (Phi) is 3.16. The lowest BCUT2D eigenvalue weighted by molar-refractivity contribution is 0.0965. The molecule has 0 unspecified atom stereocenters. The second-order valence-corrected chi connectivity index (χ2v) is 4.34. The van der Waals surface area contributed by atoms with Gasteiger partial charge in [-0.15, -0.1) is 0 Å². The molecule has 0 atom stereocenters. The van der Waals surface area contributed by atoms with Crippen LogP contribution in [0.1, 0.15) is 10.5 Å². The molecule has 0 saturated heterocycles. The molecule has 5 heteroatoms. The SMILES string of the molecule is COc1cccnc1C(=O)Cn1cnc2ccccc21. The van der Waals surface area contributed by atoms with Crippen LogP contribution in [0.5, 0.6) is 5.75 Å². The number of nitrogens with zero attached hydrogens (tertiary/aromatic N) is 3. The number of ketones is 1. The summed E-state index contributed by atoms with van der Waals surface area (Å²) in [4.78, 5) is 20.7. The third-order valence-electron chi connectivity index (χ3n) is 3.10. The van der Waals surface area contributed by atoms with Crippen LogP contribution in [-0.2, 0) is 6.54 Å². The molecule has 0 aliphatic rings. The highest BCUT2D eigenvalue weighted by atomic mass is 16.5. The van der Waals surface area contributed by atoms with Gasteiger partial charge in [0.15, 0.2) is 0 Å². The summed E-state index contributed by atoms with van der Waals surface area (Å²) in [7, 11) is 1.53. The number of methoxy groups -OCH3 is 1. The van der Waals surface area contributed by atoms with Gasteiger partial charge in [-0.2, -0.15) is 0 Å². The summed E-state index contributed by atoms with van der Waals surface area (Å²) in [5.41, 5.74) is 2.14. The Hall–Kier alpha value is -2.69. The number of hydrogen-bond acceptors (Lipinski definition) is 4. The van der Waals surface area contributed by atoms with E-state index in [1.165, 1.54) is 7.11 Å². The van der Waals surface area contributed by atoms with Gasteiger partial charge in [-0.25, -0.2) is 9.97 Å². The Morgan fingerprint density at radius 2 is 2.05 bits per heavy atom. The molecule has 0 fully saturated rings. The average molecular weight is 267 g/mol. The van der Waals surface area contributed by atoms with E-state index in [0.29, 0.717) is 11.4 Å². The highest BCUT2D eigenvalue weighted by Gasteiger charge is 2.15. The molecule has 0 amide bonds. The van der Waals surface area contributed by atoms with Crippen molar-refractivity contribution in [3.05, 3.63) is 54.6 Å². The van der Waals surface area contributed by atoms with Crippen molar-refractivity contribution in [2.75, 3.05) is 7.11 Å². The molecule has 3 rings (SSSR count). The highest BCUT2D eigenvalue weighted by Crippen LogP contribution is 2.17. The van der Waals surface area contributed by atoms with Crippen molar-refractivity contribution in [2.45, 2.75) is 6.54 Å². The van der Waals surface area contributed by atoms with E-state index < -0.39 is 0 Å². The lowest BCUT2D eigenvalue weighted by atomic mass is 10.2. The minimum absolute atomic E-state index is 0.106. The zero-order chi connectivity index (χ0) is 13.9. The van der Waals surface area contributed by atoms with Crippen molar-refractivity contribution in [1.29, 1.82) is 0 Å². The predicted molar refractivity (Wildman–Crippen MR) is 74.9 cm³/mol. The minimum atomic E-state index is -0.106. The van der Waals surface area contributed by atoms with E-state index in [9.17, 15) is 4.79 Å². The molecule has 3 aromatic rings. The average Bonchev–Trinajstić information content (AvgIpc) is 2.90. The van der Waals surface area contributed by atoms with Crippen LogP contribution in [0.4, 0.5) is 0 Å². The van der Waals surface area contributed by atoms with Crippen LogP contribution >= 0.6 is 0 Å². The molecule has 0 radical (unpaired) electrons. The Morgan fingerprint density at radius 3 is 2.90 bits per heavy atom. The maximum absolute atomic E-state index is 12.3. The second-order valence-electron chi connectivity index (χ2n) is 4.34. The normalized spacial score (nSPS) is 10.7. The number of benzene rings is 1. The number of rotatable bonds is 4. The van der Waals surface area contributed by atoms with Gasteiger partial charge in [0.05, 0.1) is 31.0 Å². The molecule has 2 aromatic heterocycles. The summed E-state index contributed by atoms with van der Waals surface area (Å²) in [5, 5.41) is 0. The molecule has 100 valence electrons. The molecular formula is C15H13N3O2. The fraction of sp³-hybridized carbons (Fsp3) is 0.133. The first kappa shape index (κ1) is 12.3. The Bertz CT molecular complexity index is 764. The van der Waals surface area contributed by atoms with Gasteiger partial charge < -0.3 is 9.30 Å². The number of ether oxygens (including phenoxy) is 1. The lowest BCUT2D eigenvalue weighted by Crippen LogP contribution is -2.12. The first-order valence-electron chi connectivity index (χ1n) is 6.21. The van der Waals surface area contributed by atoms with Crippen molar-refractivity contribution >= 4 is 16.8 Å². The lowest BCUT2D eigenvalue weighted by Gasteiger charge is -2.07. The van der Waals surface area contributed by atoms with Crippen LogP contribution < -0.4 is 4.74 Å². The third kappa shape index (κ3) is 2.14. The Balaban J connectivity index is 1.93. The van der Waals surface area contributed by atoms with Gasteiger partial charge in [-0.1, -0.05) is 12.1 Å². The van der Waals surface area contributed by atoms with E-state index in [2.05, 4.69) is 9.97 Å². The molecule has 2 heterocycles. The van der Waals surface area contributed by atoms with Crippen LogP contribution in [-0.4, -0.2) is 27.4 Å². The molecule has 0 aliphatic carbocycles. The number of para-hydroxylation sites is 2.